The molecule has 81 heavy (non-hydrogen) atoms. The molecule has 7 nitrogen and oxygen atoms in total. The minimum atomic E-state index is 0. The van der Waals surface area contributed by atoms with Gasteiger partial charge in [0.05, 0.1) is 17.3 Å². The molecular formula is C73H50IrN5O2. The molecule has 17 aromatic rings. The van der Waals surface area contributed by atoms with E-state index in [0.29, 0.717) is 0 Å². The van der Waals surface area contributed by atoms with Crippen LogP contribution in [0.3, 0.4) is 0 Å². The molecule has 0 aliphatic heterocycles. The summed E-state index contributed by atoms with van der Waals surface area (Å²) in [6.45, 7) is 12.9. The predicted molar refractivity (Wildman–Crippen MR) is 330 cm³/mol. The average Bonchev–Trinajstić information content (AvgIpc) is 4.52. The van der Waals surface area contributed by atoms with Gasteiger partial charge in [-0.05, 0) is 105 Å². The van der Waals surface area contributed by atoms with E-state index in [1.54, 1.807) is 12.5 Å². The summed E-state index contributed by atoms with van der Waals surface area (Å²) >= 11 is 0. The second-order valence-electron chi connectivity index (χ2n) is 21.6. The molecular weight excluding hydrogens is 1170 g/mol. The molecule has 0 unspecified atom stereocenters. The fraction of sp³-hybridized carbons (Fsp3) is 0.0822. The summed E-state index contributed by atoms with van der Waals surface area (Å²) in [4.78, 5) is 13.5. The minimum Gasteiger partial charge on any atom is -0.464 e. The number of furan rings is 2. The molecule has 0 fully saturated rings. The molecule has 0 saturated heterocycles. The van der Waals surface area contributed by atoms with Crippen LogP contribution in [0, 0.1) is 18.2 Å². The smallest absolute Gasteiger partial charge is 0.464 e. The molecule has 0 amide bonds. The molecule has 9 aromatic heterocycles. The van der Waals surface area contributed by atoms with E-state index in [0.717, 1.165) is 78.8 Å². The van der Waals surface area contributed by atoms with Gasteiger partial charge in [-0.1, -0.05) is 136 Å². The standard InChI is InChI=1S/C33H23N2O.C29H19N2O.C11H8N.Ir/c1-33(2,3)20-15-16-34-25(18-20)19-11-12-26-24(17-19)21-8-6-9-23-30-27(35(26)32(21)23)13-14-29-31(30)22-7-4-5-10-28(22)36-29;1-3-17-12-13-30-23(14-17)19-8-9-24-22(15-19)20-6-5-7-21-28-25(31(24)29(20)21)10-11-26-27(28)18(4-2)16-32-26;1-2-6-10(7-3-1)11-8-4-5-9-12-11;/h4-10,12-18H,1-3H3;4-7,9-16H,2-3H2,1H3;1-6,8-9H;/q3*-1;+3. The summed E-state index contributed by atoms with van der Waals surface area (Å²) < 4.78 is 16.8. The fourth-order valence-corrected chi connectivity index (χ4v) is 12.2. The van der Waals surface area contributed by atoms with E-state index in [9.17, 15) is 0 Å². The Balaban J connectivity index is 0.000000120. The molecule has 8 heteroatoms. The topological polar surface area (TPSA) is 73.8 Å². The van der Waals surface area contributed by atoms with Crippen LogP contribution in [0.4, 0.5) is 0 Å². The third-order valence-electron chi connectivity index (χ3n) is 16.0. The Labute approximate surface area is 480 Å². The van der Waals surface area contributed by atoms with E-state index >= 15 is 0 Å². The number of pyridine rings is 3. The quantitative estimate of drug-likeness (QED) is 0.161. The summed E-state index contributed by atoms with van der Waals surface area (Å²) in [6.07, 6.45) is 10.2. The first kappa shape index (κ1) is 49.8. The van der Waals surface area contributed by atoms with E-state index in [1.165, 1.54) is 87.2 Å². The molecule has 0 N–H and O–H groups in total. The van der Waals surface area contributed by atoms with Gasteiger partial charge in [0, 0.05) is 72.9 Å². The zero-order chi connectivity index (χ0) is 53.8. The maximum absolute atomic E-state index is 6.21. The average molecular weight is 1220 g/mol. The van der Waals surface area contributed by atoms with Gasteiger partial charge in [0.25, 0.3) is 0 Å². The van der Waals surface area contributed by atoms with E-state index in [1.807, 2.05) is 73.1 Å². The van der Waals surface area contributed by atoms with Gasteiger partial charge in [-0.25, -0.2) is 0 Å². The third-order valence-corrected chi connectivity index (χ3v) is 16.0. The molecule has 8 aromatic carbocycles. The van der Waals surface area contributed by atoms with Crippen molar-refractivity contribution in [2.24, 2.45) is 0 Å². The summed E-state index contributed by atoms with van der Waals surface area (Å²) in [5.74, 6) is 0. The fourth-order valence-electron chi connectivity index (χ4n) is 12.2. The van der Waals surface area contributed by atoms with E-state index in [2.05, 4.69) is 193 Å². The molecule has 17 rings (SSSR count). The number of hydrogen-bond donors (Lipinski definition) is 0. The minimum absolute atomic E-state index is 0. The summed E-state index contributed by atoms with van der Waals surface area (Å²) in [5.41, 5.74) is 19.6. The largest absolute Gasteiger partial charge is 3.00 e. The van der Waals surface area contributed by atoms with Crippen LogP contribution in [-0.2, 0) is 31.9 Å². The summed E-state index contributed by atoms with van der Waals surface area (Å²) in [6, 6.07) is 71.2. The second kappa shape index (κ2) is 19.4. The Morgan fingerprint density at radius 1 is 0.494 bits per heavy atom. The molecule has 0 aliphatic rings. The number of benzene rings is 8. The van der Waals surface area contributed by atoms with Crippen molar-refractivity contribution in [3.8, 4) is 33.8 Å². The molecule has 0 radical (unpaired) electrons. The van der Waals surface area contributed by atoms with Crippen LogP contribution in [-0.4, -0.2) is 23.8 Å². The number of hydrogen-bond acceptors (Lipinski definition) is 5. The van der Waals surface area contributed by atoms with Gasteiger partial charge >= 0.3 is 20.1 Å². The molecule has 0 bridgehead atoms. The van der Waals surface area contributed by atoms with Gasteiger partial charge in [-0.15, -0.1) is 83.4 Å². The molecule has 388 valence electrons. The molecule has 0 atom stereocenters. The van der Waals surface area contributed by atoms with Crippen molar-refractivity contribution in [1.29, 1.82) is 0 Å². The Kier molecular flexibility index (Phi) is 11.9. The summed E-state index contributed by atoms with van der Waals surface area (Å²) in [7, 11) is 0. The van der Waals surface area contributed by atoms with Crippen LogP contribution in [0.2, 0.25) is 0 Å². The van der Waals surface area contributed by atoms with Crippen molar-refractivity contribution in [2.45, 2.75) is 39.5 Å². The van der Waals surface area contributed by atoms with Crippen molar-refractivity contribution in [2.75, 3.05) is 0 Å². The Bertz CT molecular complexity index is 5200. The Morgan fingerprint density at radius 3 is 1.74 bits per heavy atom. The monoisotopic (exact) mass is 1220 g/mol. The first-order chi connectivity index (χ1) is 39.2. The van der Waals surface area contributed by atoms with Crippen LogP contribution in [0.1, 0.15) is 44.4 Å². The van der Waals surface area contributed by atoms with Crippen molar-refractivity contribution in [3.05, 3.63) is 242 Å². The number of para-hydroxylation sites is 3. The molecule has 0 saturated carbocycles. The van der Waals surface area contributed by atoms with Gasteiger partial charge in [0.15, 0.2) is 0 Å². The van der Waals surface area contributed by atoms with Crippen LogP contribution >= 0.6 is 0 Å². The van der Waals surface area contributed by atoms with Gasteiger partial charge in [0.2, 0.25) is 0 Å². The normalized spacial score (nSPS) is 12.0. The zero-order valence-corrected chi connectivity index (χ0v) is 47.3. The number of aryl methyl sites for hydroxylation is 1. The van der Waals surface area contributed by atoms with E-state index in [-0.39, 0.29) is 25.5 Å². The predicted octanol–water partition coefficient (Wildman–Crippen LogP) is 19.1. The van der Waals surface area contributed by atoms with Crippen molar-refractivity contribution < 1.29 is 28.9 Å². The maximum atomic E-state index is 6.21. The van der Waals surface area contributed by atoms with Gasteiger partial charge in [0.1, 0.15) is 16.7 Å². The Morgan fingerprint density at radius 2 is 1.10 bits per heavy atom. The van der Waals surface area contributed by atoms with Gasteiger partial charge in [-0.2, -0.15) is 0 Å². The van der Waals surface area contributed by atoms with Gasteiger partial charge < -0.3 is 32.6 Å². The van der Waals surface area contributed by atoms with Crippen LogP contribution in [0.15, 0.2) is 216 Å². The molecule has 0 spiro atoms. The van der Waals surface area contributed by atoms with Crippen molar-refractivity contribution in [1.82, 2.24) is 23.8 Å². The van der Waals surface area contributed by atoms with Crippen molar-refractivity contribution >= 4 is 115 Å². The first-order valence-electron chi connectivity index (χ1n) is 27.1. The SMILES string of the molecule is C=Cc1coc2ccc3c(c4cccc5c6cc(-c7cc(CC)ccn7)[c-]cc6n3c54)c12.CC(C)(C)c1ccnc(-c2[c-]cc3c(c2)c2cccc4c5c6c(ccc5n3c24)oc2ccccc26)c1.[Ir+3].[c-]1ccccc1-c1ccccn1. The van der Waals surface area contributed by atoms with E-state index < -0.39 is 0 Å². The Hall–Kier alpha value is -9.46. The van der Waals surface area contributed by atoms with Crippen LogP contribution in [0.5, 0.6) is 0 Å². The number of aromatic nitrogens is 5. The maximum Gasteiger partial charge on any atom is 3.00 e. The number of rotatable bonds is 5. The second-order valence-corrected chi connectivity index (χ2v) is 21.6. The van der Waals surface area contributed by atoms with Crippen LogP contribution < -0.4 is 0 Å². The van der Waals surface area contributed by atoms with Crippen LogP contribution in [0.25, 0.3) is 149 Å². The number of nitrogens with zero attached hydrogens (tertiary/aromatic N) is 5. The summed E-state index contributed by atoms with van der Waals surface area (Å²) in [5, 5.41) is 13.4. The molecule has 9 heterocycles. The van der Waals surface area contributed by atoms with Crippen molar-refractivity contribution in [3.63, 3.8) is 0 Å². The number of fused-ring (bicyclic) bond motifs is 18. The van der Waals surface area contributed by atoms with Gasteiger partial charge in [-0.3, -0.25) is 0 Å². The van der Waals surface area contributed by atoms with E-state index in [4.69, 9.17) is 13.8 Å². The third kappa shape index (κ3) is 7.92. The molecule has 0 aliphatic carbocycles. The first-order valence-corrected chi connectivity index (χ1v) is 27.1. The zero-order valence-electron chi connectivity index (χ0n) is 44.9.